The van der Waals surface area contributed by atoms with Crippen molar-refractivity contribution in [2.24, 2.45) is 10.2 Å². The van der Waals surface area contributed by atoms with E-state index in [1.165, 1.54) is 0 Å². The molecule has 0 saturated carbocycles. The van der Waals surface area contributed by atoms with Crippen LogP contribution >= 0.6 is 11.6 Å². The first-order valence-corrected chi connectivity index (χ1v) is 9.85. The van der Waals surface area contributed by atoms with Crippen LogP contribution in [0.25, 0.3) is 10.9 Å². The number of likely N-dealkylation sites (tertiary alicyclic amines) is 1. The molecule has 0 radical (unpaired) electrons. The van der Waals surface area contributed by atoms with Crippen LogP contribution in [-0.4, -0.2) is 40.2 Å². The van der Waals surface area contributed by atoms with E-state index in [1.54, 1.807) is 24.3 Å². The lowest BCUT2D eigenvalue weighted by molar-refractivity contribution is -0.120. The summed E-state index contributed by atoms with van der Waals surface area (Å²) < 4.78 is 7.20. The fourth-order valence-electron chi connectivity index (χ4n) is 3.45. The molecule has 7 nitrogen and oxygen atoms in total. The number of aromatic hydroxyl groups is 1. The predicted octanol–water partition coefficient (Wildman–Crippen LogP) is 4.74. The normalized spacial score (nSPS) is 14.8. The first-order chi connectivity index (χ1) is 14.1. The molecular weight excluding hydrogens is 392 g/mol. The van der Waals surface area contributed by atoms with E-state index in [-0.39, 0.29) is 12.5 Å². The molecule has 0 unspecified atom stereocenters. The minimum atomic E-state index is -0.546. The van der Waals surface area contributed by atoms with Crippen molar-refractivity contribution in [3.63, 3.8) is 0 Å². The number of amides is 1. The van der Waals surface area contributed by atoms with Crippen LogP contribution in [0, 0.1) is 0 Å². The number of rotatable bonds is 6. The van der Waals surface area contributed by atoms with Crippen molar-refractivity contribution in [1.82, 2.24) is 9.47 Å². The average molecular weight is 413 g/mol. The molecule has 1 N–H and O–H groups in total. The molecule has 1 fully saturated rings. The van der Waals surface area contributed by atoms with Gasteiger partial charge in [-0.3, -0.25) is 14.3 Å². The smallest absolute Gasteiger partial charge is 0.302 e. The number of hydrogen-bond acceptors (Lipinski definition) is 5. The van der Waals surface area contributed by atoms with Crippen molar-refractivity contribution in [3.8, 4) is 11.6 Å². The van der Waals surface area contributed by atoms with Crippen LogP contribution in [-0.2, 0) is 11.5 Å². The number of ether oxygens (including phenoxy) is 1. The van der Waals surface area contributed by atoms with Gasteiger partial charge < -0.3 is 9.84 Å². The Morgan fingerprint density at radius 2 is 1.83 bits per heavy atom. The van der Waals surface area contributed by atoms with Crippen LogP contribution in [0.1, 0.15) is 12.8 Å². The zero-order valence-corrected chi connectivity index (χ0v) is 16.5. The summed E-state index contributed by atoms with van der Waals surface area (Å²) in [5.41, 5.74) is 1.15. The minimum Gasteiger partial charge on any atom is -0.493 e. The predicted molar refractivity (Wildman–Crippen MR) is 111 cm³/mol. The Bertz CT molecular complexity index is 1040. The Hall–Kier alpha value is -2.90. The highest BCUT2D eigenvalue weighted by Gasteiger charge is 2.20. The zero-order valence-electron chi connectivity index (χ0n) is 15.8. The van der Waals surface area contributed by atoms with E-state index in [9.17, 15) is 9.90 Å². The lowest BCUT2D eigenvalue weighted by Crippen LogP contribution is -2.22. The third-order valence-corrected chi connectivity index (χ3v) is 5.15. The molecule has 0 bridgehead atoms. The van der Waals surface area contributed by atoms with Gasteiger partial charge in [0.15, 0.2) is 12.3 Å². The van der Waals surface area contributed by atoms with Gasteiger partial charge >= 0.3 is 5.91 Å². The quantitative estimate of drug-likeness (QED) is 0.593. The average Bonchev–Trinajstić information content (AvgIpc) is 3.34. The van der Waals surface area contributed by atoms with E-state index < -0.39 is 5.91 Å². The Balaban J connectivity index is 1.51. The summed E-state index contributed by atoms with van der Waals surface area (Å²) in [5, 5.41) is 19.9. The second-order valence-corrected chi connectivity index (χ2v) is 7.36. The molecule has 1 aromatic heterocycles. The SMILES string of the molecule is O=C(COc1ccc(Cl)cc1)N=Nc1c(O)n(CN2CCCC2)c2ccccc12. The lowest BCUT2D eigenvalue weighted by Gasteiger charge is -2.17. The monoisotopic (exact) mass is 412 g/mol. The zero-order chi connectivity index (χ0) is 20.2. The Morgan fingerprint density at radius 1 is 1.10 bits per heavy atom. The molecule has 8 heteroatoms. The van der Waals surface area contributed by atoms with Gasteiger partial charge in [0.25, 0.3) is 0 Å². The number of carbonyl (C=O) groups excluding carboxylic acids is 1. The molecule has 2 heterocycles. The highest BCUT2D eigenvalue weighted by molar-refractivity contribution is 6.30. The first-order valence-electron chi connectivity index (χ1n) is 9.47. The second-order valence-electron chi connectivity index (χ2n) is 6.92. The van der Waals surface area contributed by atoms with Gasteiger partial charge in [-0.15, -0.1) is 10.2 Å². The minimum absolute atomic E-state index is 0.00766. The van der Waals surface area contributed by atoms with E-state index >= 15 is 0 Å². The Morgan fingerprint density at radius 3 is 2.59 bits per heavy atom. The molecule has 0 aliphatic carbocycles. The second kappa shape index (κ2) is 8.63. The van der Waals surface area contributed by atoms with Crippen molar-refractivity contribution < 1.29 is 14.6 Å². The van der Waals surface area contributed by atoms with Crippen LogP contribution in [0.15, 0.2) is 58.8 Å². The van der Waals surface area contributed by atoms with E-state index in [2.05, 4.69) is 15.1 Å². The number of azo groups is 1. The number of fused-ring (bicyclic) bond motifs is 1. The molecule has 29 heavy (non-hydrogen) atoms. The fourth-order valence-corrected chi connectivity index (χ4v) is 3.57. The number of nitrogens with zero attached hydrogens (tertiary/aromatic N) is 4. The van der Waals surface area contributed by atoms with Gasteiger partial charge in [-0.25, -0.2) is 0 Å². The molecule has 0 atom stereocenters. The molecular formula is C21H21ClN4O3. The van der Waals surface area contributed by atoms with Gasteiger partial charge in [-0.2, -0.15) is 0 Å². The number of halogens is 1. The van der Waals surface area contributed by atoms with Crippen molar-refractivity contribution in [2.75, 3.05) is 19.7 Å². The van der Waals surface area contributed by atoms with E-state index in [0.717, 1.165) is 36.8 Å². The Labute approximate surface area is 173 Å². The number of carbonyl (C=O) groups is 1. The summed E-state index contributed by atoms with van der Waals surface area (Å²) >= 11 is 5.83. The summed E-state index contributed by atoms with van der Waals surface area (Å²) in [5.74, 6) is -0.0213. The van der Waals surface area contributed by atoms with Crippen LogP contribution in [0.4, 0.5) is 5.69 Å². The summed E-state index contributed by atoms with van der Waals surface area (Å²) in [6.07, 6.45) is 2.32. The molecule has 2 aromatic carbocycles. The summed E-state index contributed by atoms with van der Waals surface area (Å²) in [7, 11) is 0. The van der Waals surface area contributed by atoms with Gasteiger partial charge in [0.1, 0.15) is 5.75 Å². The topological polar surface area (TPSA) is 79.4 Å². The van der Waals surface area contributed by atoms with Crippen molar-refractivity contribution in [2.45, 2.75) is 19.5 Å². The van der Waals surface area contributed by atoms with Gasteiger partial charge in [-0.05, 0) is 56.3 Å². The number of aromatic nitrogens is 1. The molecule has 4 rings (SSSR count). The summed E-state index contributed by atoms with van der Waals surface area (Å²) in [6, 6.07) is 14.3. The fraction of sp³-hybridized carbons (Fsp3) is 0.286. The van der Waals surface area contributed by atoms with Crippen molar-refractivity contribution in [1.29, 1.82) is 0 Å². The maximum Gasteiger partial charge on any atom is 0.302 e. The standard InChI is InChI=1S/C21H21ClN4O3/c22-15-7-9-16(10-8-15)29-13-19(27)23-24-20-17-5-1-2-6-18(17)26(21(20)28)14-25-11-3-4-12-25/h1-2,5-10,28H,3-4,11-14H2. The molecule has 1 amide bonds. The van der Waals surface area contributed by atoms with Gasteiger partial charge in [-0.1, -0.05) is 29.8 Å². The maximum absolute atomic E-state index is 12.1. The van der Waals surface area contributed by atoms with E-state index in [4.69, 9.17) is 16.3 Å². The van der Waals surface area contributed by atoms with Crippen LogP contribution < -0.4 is 4.74 Å². The highest BCUT2D eigenvalue weighted by Crippen LogP contribution is 2.39. The highest BCUT2D eigenvalue weighted by atomic mass is 35.5. The Kier molecular flexibility index (Phi) is 5.78. The molecule has 1 saturated heterocycles. The number of hydrogen-bond donors (Lipinski definition) is 1. The third kappa shape index (κ3) is 4.41. The van der Waals surface area contributed by atoms with Crippen LogP contribution in [0.5, 0.6) is 11.6 Å². The lowest BCUT2D eigenvalue weighted by atomic mass is 10.2. The summed E-state index contributed by atoms with van der Waals surface area (Å²) in [6.45, 7) is 2.33. The van der Waals surface area contributed by atoms with Crippen molar-refractivity contribution in [3.05, 3.63) is 53.6 Å². The number of benzene rings is 2. The van der Waals surface area contributed by atoms with Gasteiger partial charge in [0, 0.05) is 10.4 Å². The molecule has 3 aromatic rings. The summed E-state index contributed by atoms with van der Waals surface area (Å²) in [4.78, 5) is 14.4. The van der Waals surface area contributed by atoms with Gasteiger partial charge in [0.05, 0.1) is 12.2 Å². The van der Waals surface area contributed by atoms with E-state index in [1.807, 2.05) is 28.8 Å². The van der Waals surface area contributed by atoms with Gasteiger partial charge in [0.2, 0.25) is 5.88 Å². The molecule has 1 aliphatic rings. The molecule has 1 aliphatic heterocycles. The van der Waals surface area contributed by atoms with Crippen LogP contribution in [0.2, 0.25) is 5.02 Å². The maximum atomic E-state index is 12.1. The van der Waals surface area contributed by atoms with Crippen LogP contribution in [0.3, 0.4) is 0 Å². The largest absolute Gasteiger partial charge is 0.493 e. The third-order valence-electron chi connectivity index (χ3n) is 4.90. The first kappa shape index (κ1) is 19.4. The van der Waals surface area contributed by atoms with Crippen molar-refractivity contribution >= 4 is 34.1 Å². The molecule has 0 spiro atoms. The van der Waals surface area contributed by atoms with E-state index in [0.29, 0.717) is 23.1 Å². The molecule has 150 valence electrons. The number of para-hydroxylation sites is 1.